The van der Waals surface area contributed by atoms with E-state index < -0.39 is 10.0 Å². The maximum absolute atomic E-state index is 13.1. The molecular formula is C24H24N4O4S. The normalized spacial score (nSPS) is 11.5. The lowest BCUT2D eigenvalue weighted by molar-refractivity contribution is 0.0971. The van der Waals surface area contributed by atoms with Gasteiger partial charge in [-0.05, 0) is 42.8 Å². The van der Waals surface area contributed by atoms with Gasteiger partial charge in [0, 0.05) is 5.56 Å². The molecule has 9 heteroatoms. The lowest BCUT2D eigenvalue weighted by Gasteiger charge is -2.10. The summed E-state index contributed by atoms with van der Waals surface area (Å²) in [7, 11) is -3.62. The van der Waals surface area contributed by atoms with Gasteiger partial charge >= 0.3 is 0 Å². The summed E-state index contributed by atoms with van der Waals surface area (Å²) in [4.78, 5) is 13.1. The maximum atomic E-state index is 13.1. The Hall–Kier alpha value is -3.85. The number of aromatic hydroxyl groups is 1. The third kappa shape index (κ3) is 4.68. The summed E-state index contributed by atoms with van der Waals surface area (Å²) >= 11 is 0. The summed E-state index contributed by atoms with van der Waals surface area (Å²) in [6.45, 7) is 1.86. The molecule has 0 amide bonds. The molecule has 0 spiro atoms. The van der Waals surface area contributed by atoms with Crippen LogP contribution in [-0.4, -0.2) is 34.2 Å². The van der Waals surface area contributed by atoms with Gasteiger partial charge in [0.15, 0.2) is 5.78 Å². The number of imidazole rings is 1. The molecule has 0 atom stereocenters. The second kappa shape index (κ2) is 8.95. The molecule has 1 aromatic heterocycles. The summed E-state index contributed by atoms with van der Waals surface area (Å²) < 4.78 is 29.6. The molecule has 33 heavy (non-hydrogen) atoms. The van der Waals surface area contributed by atoms with E-state index in [0.717, 1.165) is 16.6 Å². The number of phenolic OH excluding ortho intramolecular Hbond substituents is 1. The number of carbonyl (C=O) groups is 1. The van der Waals surface area contributed by atoms with Crippen LogP contribution in [0.3, 0.4) is 0 Å². The summed E-state index contributed by atoms with van der Waals surface area (Å²) in [6, 6.07) is 21.3. The van der Waals surface area contributed by atoms with Crippen LogP contribution in [0.5, 0.6) is 5.75 Å². The van der Waals surface area contributed by atoms with Crippen molar-refractivity contribution in [2.24, 2.45) is 0 Å². The number of nitrogens with zero attached hydrogens (tertiary/aromatic N) is 2. The number of rotatable bonds is 8. The predicted molar refractivity (Wildman–Crippen MR) is 127 cm³/mol. The summed E-state index contributed by atoms with van der Waals surface area (Å²) in [5.41, 5.74) is 2.98. The van der Waals surface area contributed by atoms with Crippen molar-refractivity contribution >= 4 is 32.5 Å². The Bertz CT molecular complexity index is 1490. The highest BCUT2D eigenvalue weighted by molar-refractivity contribution is 7.92. The van der Waals surface area contributed by atoms with Crippen LogP contribution < -0.4 is 10.3 Å². The number of aromatic nitrogens is 2. The second-order valence-electron chi connectivity index (χ2n) is 7.63. The molecular weight excluding hydrogens is 440 g/mol. The average molecular weight is 465 g/mol. The first-order valence-corrected chi connectivity index (χ1v) is 12.1. The van der Waals surface area contributed by atoms with Gasteiger partial charge in [0.05, 0.1) is 35.6 Å². The van der Waals surface area contributed by atoms with Gasteiger partial charge in [-0.1, -0.05) is 42.5 Å². The highest BCUT2D eigenvalue weighted by atomic mass is 32.2. The van der Waals surface area contributed by atoms with Crippen molar-refractivity contribution in [1.29, 1.82) is 5.41 Å². The van der Waals surface area contributed by atoms with Gasteiger partial charge in [0.1, 0.15) is 5.75 Å². The van der Waals surface area contributed by atoms with E-state index in [0.29, 0.717) is 6.54 Å². The molecule has 3 aromatic carbocycles. The lowest BCUT2D eigenvalue weighted by Crippen LogP contribution is -2.27. The Morgan fingerprint density at radius 3 is 2.27 bits per heavy atom. The van der Waals surface area contributed by atoms with Gasteiger partial charge in [0.2, 0.25) is 15.6 Å². The summed E-state index contributed by atoms with van der Waals surface area (Å²) in [5, 5.41) is 18.8. The SMILES string of the molecule is CCS(=O)(=O)Nc1cc(C(=O)Cn2c(=N)n(Cc3ccccc3)c3ccccc32)ccc1O. The van der Waals surface area contributed by atoms with Crippen LogP contribution in [0.4, 0.5) is 5.69 Å². The zero-order valence-corrected chi connectivity index (χ0v) is 18.8. The van der Waals surface area contributed by atoms with E-state index >= 15 is 0 Å². The fraction of sp³-hybridized carbons (Fsp3) is 0.167. The number of para-hydroxylation sites is 2. The van der Waals surface area contributed by atoms with E-state index in [-0.39, 0.29) is 40.7 Å². The molecule has 170 valence electrons. The predicted octanol–water partition coefficient (Wildman–Crippen LogP) is 3.32. The monoisotopic (exact) mass is 464 g/mol. The molecule has 1 heterocycles. The molecule has 0 unspecified atom stereocenters. The minimum Gasteiger partial charge on any atom is -0.506 e. The van der Waals surface area contributed by atoms with Crippen LogP contribution in [0, 0.1) is 5.41 Å². The molecule has 4 aromatic rings. The average Bonchev–Trinajstić information content (AvgIpc) is 3.07. The number of ketones is 1. The number of fused-ring (bicyclic) bond motifs is 1. The minimum atomic E-state index is -3.62. The highest BCUT2D eigenvalue weighted by Gasteiger charge is 2.17. The van der Waals surface area contributed by atoms with Crippen molar-refractivity contribution in [1.82, 2.24) is 9.13 Å². The molecule has 0 radical (unpaired) electrons. The minimum absolute atomic E-state index is 0.0506. The number of anilines is 1. The Morgan fingerprint density at radius 2 is 1.61 bits per heavy atom. The molecule has 0 aliphatic carbocycles. The highest BCUT2D eigenvalue weighted by Crippen LogP contribution is 2.26. The van der Waals surface area contributed by atoms with E-state index in [4.69, 9.17) is 5.41 Å². The number of sulfonamides is 1. The van der Waals surface area contributed by atoms with Crippen LogP contribution in [0.15, 0.2) is 72.8 Å². The fourth-order valence-electron chi connectivity index (χ4n) is 3.65. The number of hydrogen-bond acceptors (Lipinski definition) is 5. The number of nitrogens with one attached hydrogen (secondary N) is 2. The van der Waals surface area contributed by atoms with Gasteiger partial charge < -0.3 is 14.2 Å². The van der Waals surface area contributed by atoms with Crippen LogP contribution in [0.2, 0.25) is 0 Å². The first kappa shape index (κ1) is 22.3. The zero-order valence-electron chi connectivity index (χ0n) is 18.0. The van der Waals surface area contributed by atoms with Gasteiger partial charge in [-0.2, -0.15) is 0 Å². The van der Waals surface area contributed by atoms with E-state index in [1.165, 1.54) is 25.1 Å². The molecule has 0 saturated carbocycles. The van der Waals surface area contributed by atoms with Crippen molar-refractivity contribution in [3.8, 4) is 5.75 Å². The molecule has 4 rings (SSSR count). The molecule has 3 N–H and O–H groups in total. The topological polar surface area (TPSA) is 117 Å². The van der Waals surface area contributed by atoms with E-state index in [1.54, 1.807) is 4.57 Å². The van der Waals surface area contributed by atoms with Crippen molar-refractivity contribution in [3.05, 3.63) is 89.5 Å². The number of Topliss-reactive ketones (excluding diaryl/α,β-unsaturated/α-hetero) is 1. The lowest BCUT2D eigenvalue weighted by atomic mass is 10.1. The van der Waals surface area contributed by atoms with Crippen molar-refractivity contribution in [3.63, 3.8) is 0 Å². The first-order valence-electron chi connectivity index (χ1n) is 10.4. The van der Waals surface area contributed by atoms with E-state index in [9.17, 15) is 18.3 Å². The Morgan fingerprint density at radius 1 is 0.970 bits per heavy atom. The Labute approximate surface area is 191 Å². The van der Waals surface area contributed by atoms with E-state index in [2.05, 4.69) is 4.72 Å². The molecule has 0 saturated heterocycles. The molecule has 0 aliphatic rings. The van der Waals surface area contributed by atoms with Crippen LogP contribution >= 0.6 is 0 Å². The van der Waals surface area contributed by atoms with Crippen molar-refractivity contribution in [2.45, 2.75) is 20.0 Å². The quantitative estimate of drug-likeness (QED) is 0.274. The van der Waals surface area contributed by atoms with Gasteiger partial charge in [-0.15, -0.1) is 0 Å². The fourth-order valence-corrected chi connectivity index (χ4v) is 4.29. The Kier molecular flexibility index (Phi) is 6.06. The first-order chi connectivity index (χ1) is 15.8. The summed E-state index contributed by atoms with van der Waals surface area (Å²) in [6.07, 6.45) is 0. The number of hydrogen-bond donors (Lipinski definition) is 3. The number of carbonyl (C=O) groups excluding carboxylic acids is 1. The molecule has 0 bridgehead atoms. The maximum Gasteiger partial charge on any atom is 0.232 e. The zero-order chi connectivity index (χ0) is 23.6. The largest absolute Gasteiger partial charge is 0.506 e. The standard InChI is InChI=1S/C24H24N4O4S/c1-2-33(31,32)26-19-14-18(12-13-22(19)29)23(30)16-28-21-11-7-6-10-20(21)27(24(28)25)15-17-8-4-3-5-9-17/h3-14,25-26,29H,2,15-16H2,1H3. The smallest absolute Gasteiger partial charge is 0.232 e. The number of phenols is 1. The van der Waals surface area contributed by atoms with Crippen LogP contribution in [-0.2, 0) is 23.1 Å². The molecule has 0 fully saturated rings. The Balaban J connectivity index is 1.69. The van der Waals surface area contributed by atoms with Gasteiger partial charge in [0.25, 0.3) is 0 Å². The van der Waals surface area contributed by atoms with E-state index in [1.807, 2.05) is 59.2 Å². The molecule has 0 aliphatic heterocycles. The number of benzene rings is 3. The second-order valence-corrected chi connectivity index (χ2v) is 9.64. The van der Waals surface area contributed by atoms with Gasteiger partial charge in [-0.3, -0.25) is 14.9 Å². The van der Waals surface area contributed by atoms with Crippen LogP contribution in [0.1, 0.15) is 22.8 Å². The third-order valence-electron chi connectivity index (χ3n) is 5.42. The molecule has 8 nitrogen and oxygen atoms in total. The summed E-state index contributed by atoms with van der Waals surface area (Å²) in [5.74, 6) is -0.742. The van der Waals surface area contributed by atoms with Crippen LogP contribution in [0.25, 0.3) is 11.0 Å². The van der Waals surface area contributed by atoms with Crippen molar-refractivity contribution in [2.75, 3.05) is 10.5 Å². The third-order valence-corrected chi connectivity index (χ3v) is 6.71. The van der Waals surface area contributed by atoms with Gasteiger partial charge in [-0.25, -0.2) is 8.42 Å². The van der Waals surface area contributed by atoms with Crippen molar-refractivity contribution < 1.29 is 18.3 Å².